The van der Waals surface area contributed by atoms with Crippen LogP contribution in [0.1, 0.15) is 44.9 Å². The van der Waals surface area contributed by atoms with Crippen LogP contribution in [-0.4, -0.2) is 42.3 Å². The molecule has 1 atom stereocenters. The molecule has 2 heterocycles. The van der Waals surface area contributed by atoms with E-state index in [1.54, 1.807) is 0 Å². The molecule has 4 heteroatoms. The number of carbonyl (C=O) groups is 1. The summed E-state index contributed by atoms with van der Waals surface area (Å²) in [6.07, 6.45) is 8.71. The minimum atomic E-state index is 0.112. The number of nitrogens with zero attached hydrogens (tertiary/aromatic N) is 1. The summed E-state index contributed by atoms with van der Waals surface area (Å²) >= 11 is 0. The minimum Gasteiger partial charge on any atom is -0.376 e. The summed E-state index contributed by atoms with van der Waals surface area (Å²) in [5.41, 5.74) is 0.112. The van der Waals surface area contributed by atoms with Gasteiger partial charge >= 0.3 is 6.03 Å². The van der Waals surface area contributed by atoms with Gasteiger partial charge in [-0.15, -0.1) is 0 Å². The van der Waals surface area contributed by atoms with Crippen molar-refractivity contribution >= 4 is 6.03 Å². The number of ether oxygens (including phenoxy) is 1. The van der Waals surface area contributed by atoms with Gasteiger partial charge in [0.2, 0.25) is 0 Å². The second-order valence-corrected chi connectivity index (χ2v) is 5.69. The number of nitrogens with one attached hydrogen (secondary N) is 1. The average Bonchev–Trinajstić information content (AvgIpc) is 2.95. The normalized spacial score (nSPS) is 32.1. The Labute approximate surface area is 103 Å². The molecule has 96 valence electrons. The molecule has 1 spiro atoms. The van der Waals surface area contributed by atoms with E-state index in [1.165, 1.54) is 32.1 Å². The van der Waals surface area contributed by atoms with Crippen molar-refractivity contribution in [3.8, 4) is 0 Å². The second-order valence-electron chi connectivity index (χ2n) is 5.69. The highest BCUT2D eigenvalue weighted by Crippen LogP contribution is 2.36. The first-order valence-electron chi connectivity index (χ1n) is 6.97. The molecule has 1 aliphatic carbocycles. The van der Waals surface area contributed by atoms with Crippen LogP contribution < -0.4 is 5.32 Å². The third-order valence-corrected chi connectivity index (χ3v) is 4.58. The Kier molecular flexibility index (Phi) is 2.99. The van der Waals surface area contributed by atoms with Crippen LogP contribution in [0.5, 0.6) is 0 Å². The summed E-state index contributed by atoms with van der Waals surface area (Å²) in [4.78, 5) is 14.1. The predicted octanol–water partition coefficient (Wildman–Crippen LogP) is 1.89. The largest absolute Gasteiger partial charge is 0.376 e. The van der Waals surface area contributed by atoms with Crippen molar-refractivity contribution in [1.29, 1.82) is 0 Å². The molecule has 1 saturated carbocycles. The smallest absolute Gasteiger partial charge is 0.318 e. The van der Waals surface area contributed by atoms with E-state index in [9.17, 15) is 4.79 Å². The predicted molar refractivity (Wildman–Crippen MR) is 64.9 cm³/mol. The van der Waals surface area contributed by atoms with Crippen LogP contribution in [-0.2, 0) is 4.74 Å². The monoisotopic (exact) mass is 238 g/mol. The van der Waals surface area contributed by atoms with Gasteiger partial charge in [-0.1, -0.05) is 19.3 Å². The molecular weight excluding hydrogens is 216 g/mol. The van der Waals surface area contributed by atoms with E-state index in [-0.39, 0.29) is 17.7 Å². The van der Waals surface area contributed by atoms with Crippen molar-refractivity contribution in [2.24, 2.45) is 0 Å². The van der Waals surface area contributed by atoms with E-state index in [0.29, 0.717) is 0 Å². The zero-order valence-electron chi connectivity index (χ0n) is 10.4. The van der Waals surface area contributed by atoms with Crippen molar-refractivity contribution in [1.82, 2.24) is 10.2 Å². The van der Waals surface area contributed by atoms with Crippen LogP contribution in [0, 0.1) is 0 Å². The molecule has 0 aromatic rings. The fourth-order valence-electron chi connectivity index (χ4n) is 3.57. The molecule has 3 fully saturated rings. The van der Waals surface area contributed by atoms with Crippen molar-refractivity contribution in [2.45, 2.75) is 56.6 Å². The highest BCUT2D eigenvalue weighted by atomic mass is 16.5. The first kappa shape index (κ1) is 11.3. The molecule has 3 rings (SSSR count). The maximum Gasteiger partial charge on any atom is 0.318 e. The average molecular weight is 238 g/mol. The molecular formula is C13H22N2O2. The Hall–Kier alpha value is -0.770. The fourth-order valence-corrected chi connectivity index (χ4v) is 3.57. The van der Waals surface area contributed by atoms with Crippen LogP contribution in [0.15, 0.2) is 0 Å². The van der Waals surface area contributed by atoms with Crippen LogP contribution in [0.3, 0.4) is 0 Å². The fraction of sp³-hybridized carbons (Fsp3) is 0.923. The Bertz CT molecular complexity index is 294. The highest BCUT2D eigenvalue weighted by molar-refractivity contribution is 5.78. The number of urea groups is 1. The van der Waals surface area contributed by atoms with Gasteiger partial charge in [0.15, 0.2) is 0 Å². The SMILES string of the molecule is O=C1NCC2(CCCCC2)N1CC1CCCO1. The number of hydrogen-bond acceptors (Lipinski definition) is 2. The van der Waals surface area contributed by atoms with Gasteiger partial charge in [-0.2, -0.15) is 0 Å². The number of hydrogen-bond donors (Lipinski definition) is 1. The van der Waals surface area contributed by atoms with E-state index in [2.05, 4.69) is 10.2 Å². The van der Waals surface area contributed by atoms with E-state index >= 15 is 0 Å². The zero-order chi connectivity index (χ0) is 11.7. The third kappa shape index (κ3) is 2.03. The van der Waals surface area contributed by atoms with Gasteiger partial charge in [0.25, 0.3) is 0 Å². The van der Waals surface area contributed by atoms with Crippen LogP contribution in [0.2, 0.25) is 0 Å². The summed E-state index contributed by atoms with van der Waals surface area (Å²) < 4.78 is 5.68. The van der Waals surface area contributed by atoms with Crippen molar-refractivity contribution in [2.75, 3.05) is 19.7 Å². The number of carbonyl (C=O) groups excluding carboxylic acids is 1. The van der Waals surface area contributed by atoms with E-state index in [1.807, 2.05) is 0 Å². The van der Waals surface area contributed by atoms with Crippen molar-refractivity contribution in [3.05, 3.63) is 0 Å². The Morgan fingerprint density at radius 1 is 1.29 bits per heavy atom. The molecule has 0 aromatic heterocycles. The van der Waals surface area contributed by atoms with E-state index in [4.69, 9.17) is 4.74 Å². The van der Waals surface area contributed by atoms with Gasteiger partial charge < -0.3 is 15.0 Å². The maximum atomic E-state index is 12.0. The lowest BCUT2D eigenvalue weighted by Crippen LogP contribution is -2.51. The third-order valence-electron chi connectivity index (χ3n) is 4.58. The first-order chi connectivity index (χ1) is 8.30. The molecule has 2 amide bonds. The molecule has 17 heavy (non-hydrogen) atoms. The lowest BCUT2D eigenvalue weighted by molar-refractivity contribution is 0.0449. The molecule has 0 radical (unpaired) electrons. The van der Waals surface area contributed by atoms with Crippen LogP contribution in [0.25, 0.3) is 0 Å². The first-order valence-corrected chi connectivity index (χ1v) is 6.97. The van der Waals surface area contributed by atoms with Gasteiger partial charge in [-0.3, -0.25) is 0 Å². The van der Waals surface area contributed by atoms with Gasteiger partial charge in [-0.05, 0) is 25.7 Å². The van der Waals surface area contributed by atoms with E-state index < -0.39 is 0 Å². The number of rotatable bonds is 2. The Balaban J connectivity index is 1.71. The maximum absolute atomic E-state index is 12.0. The van der Waals surface area contributed by atoms with Gasteiger partial charge in [-0.25, -0.2) is 4.79 Å². The molecule has 3 aliphatic rings. The number of amides is 2. The van der Waals surface area contributed by atoms with Gasteiger partial charge in [0.05, 0.1) is 11.6 Å². The van der Waals surface area contributed by atoms with Gasteiger partial charge in [0, 0.05) is 19.7 Å². The quantitative estimate of drug-likeness (QED) is 0.798. The summed E-state index contributed by atoms with van der Waals surface area (Å²) in [5.74, 6) is 0. The van der Waals surface area contributed by atoms with Crippen molar-refractivity contribution < 1.29 is 9.53 Å². The molecule has 2 aliphatic heterocycles. The zero-order valence-corrected chi connectivity index (χ0v) is 10.4. The molecule has 2 saturated heterocycles. The lowest BCUT2D eigenvalue weighted by atomic mass is 9.81. The second kappa shape index (κ2) is 4.48. The molecule has 4 nitrogen and oxygen atoms in total. The summed E-state index contributed by atoms with van der Waals surface area (Å²) in [7, 11) is 0. The van der Waals surface area contributed by atoms with Crippen molar-refractivity contribution in [3.63, 3.8) is 0 Å². The molecule has 0 aromatic carbocycles. The standard InChI is InChI=1S/C13H22N2O2/c16-12-14-10-13(6-2-1-3-7-13)15(12)9-11-5-4-8-17-11/h11H,1-10H2,(H,14,16). The highest BCUT2D eigenvalue weighted by Gasteiger charge is 2.46. The summed E-state index contributed by atoms with van der Waals surface area (Å²) in [6, 6.07) is 0.127. The van der Waals surface area contributed by atoms with E-state index in [0.717, 1.165) is 32.5 Å². The van der Waals surface area contributed by atoms with Crippen LogP contribution >= 0.6 is 0 Å². The Morgan fingerprint density at radius 2 is 2.12 bits per heavy atom. The molecule has 1 N–H and O–H groups in total. The van der Waals surface area contributed by atoms with Gasteiger partial charge in [0.1, 0.15) is 0 Å². The molecule has 1 unspecified atom stereocenters. The minimum absolute atomic E-state index is 0.112. The Morgan fingerprint density at radius 3 is 2.82 bits per heavy atom. The lowest BCUT2D eigenvalue weighted by Gasteiger charge is -2.41. The van der Waals surface area contributed by atoms with Crippen LogP contribution in [0.4, 0.5) is 4.79 Å². The summed E-state index contributed by atoms with van der Waals surface area (Å²) in [6.45, 7) is 2.51. The summed E-state index contributed by atoms with van der Waals surface area (Å²) in [5, 5.41) is 3.04. The molecule has 0 bridgehead atoms. The topological polar surface area (TPSA) is 41.6 Å².